The molecule has 0 heterocycles. The molecule has 1 atom stereocenters. The maximum atomic E-state index is 12.3. The van der Waals surface area contributed by atoms with Gasteiger partial charge in [0.05, 0.1) is 0 Å². The second-order valence-electron chi connectivity index (χ2n) is 6.49. The van der Waals surface area contributed by atoms with Crippen molar-refractivity contribution in [3.63, 3.8) is 0 Å². The standard InChI is InChI=1S/C20H25NO2/c1-15(20(22)21-14-16-8-3-2-4-9-16)23-19-13-7-11-17-10-5-6-12-18(17)19/h5-7,10-13,15-16H,2-4,8-9,14H2,1H3,(H,21,22). The molecule has 1 unspecified atom stereocenters. The van der Waals surface area contributed by atoms with Gasteiger partial charge in [0.2, 0.25) is 0 Å². The molecule has 0 aromatic heterocycles. The molecular weight excluding hydrogens is 286 g/mol. The minimum Gasteiger partial charge on any atom is -0.480 e. The highest BCUT2D eigenvalue weighted by Gasteiger charge is 2.18. The molecule has 2 aromatic carbocycles. The Labute approximate surface area is 138 Å². The lowest BCUT2D eigenvalue weighted by molar-refractivity contribution is -0.127. The van der Waals surface area contributed by atoms with Crippen molar-refractivity contribution < 1.29 is 9.53 Å². The number of carbonyl (C=O) groups is 1. The molecule has 1 N–H and O–H groups in total. The van der Waals surface area contributed by atoms with E-state index in [1.54, 1.807) is 0 Å². The van der Waals surface area contributed by atoms with E-state index in [1.807, 2.05) is 37.3 Å². The average molecular weight is 311 g/mol. The van der Waals surface area contributed by atoms with Gasteiger partial charge in [-0.2, -0.15) is 0 Å². The molecule has 23 heavy (non-hydrogen) atoms. The van der Waals surface area contributed by atoms with E-state index in [0.717, 1.165) is 23.1 Å². The zero-order valence-corrected chi connectivity index (χ0v) is 13.8. The molecule has 1 fully saturated rings. The smallest absolute Gasteiger partial charge is 0.260 e. The Balaban J connectivity index is 1.59. The Morgan fingerprint density at radius 2 is 1.87 bits per heavy atom. The summed E-state index contributed by atoms with van der Waals surface area (Å²) in [7, 11) is 0. The van der Waals surface area contributed by atoms with E-state index in [4.69, 9.17) is 4.74 Å². The topological polar surface area (TPSA) is 38.3 Å². The van der Waals surface area contributed by atoms with Crippen LogP contribution in [0.3, 0.4) is 0 Å². The van der Waals surface area contributed by atoms with Crippen LogP contribution in [0.1, 0.15) is 39.0 Å². The van der Waals surface area contributed by atoms with E-state index < -0.39 is 6.10 Å². The number of hydrogen-bond donors (Lipinski definition) is 1. The van der Waals surface area contributed by atoms with Crippen LogP contribution in [-0.4, -0.2) is 18.6 Å². The zero-order chi connectivity index (χ0) is 16.1. The largest absolute Gasteiger partial charge is 0.480 e. The van der Waals surface area contributed by atoms with Crippen LogP contribution < -0.4 is 10.1 Å². The highest BCUT2D eigenvalue weighted by atomic mass is 16.5. The van der Waals surface area contributed by atoms with Gasteiger partial charge in [-0.25, -0.2) is 0 Å². The summed E-state index contributed by atoms with van der Waals surface area (Å²) in [5.74, 6) is 1.38. The summed E-state index contributed by atoms with van der Waals surface area (Å²) in [5, 5.41) is 5.22. The van der Waals surface area contributed by atoms with Crippen LogP contribution in [0.2, 0.25) is 0 Å². The van der Waals surface area contributed by atoms with E-state index in [2.05, 4.69) is 17.4 Å². The molecule has 1 saturated carbocycles. The van der Waals surface area contributed by atoms with Gasteiger partial charge in [0.15, 0.2) is 6.10 Å². The number of benzene rings is 2. The lowest BCUT2D eigenvalue weighted by atomic mass is 9.89. The van der Waals surface area contributed by atoms with E-state index in [1.165, 1.54) is 32.1 Å². The molecule has 0 spiro atoms. The van der Waals surface area contributed by atoms with Crippen molar-refractivity contribution >= 4 is 16.7 Å². The number of fused-ring (bicyclic) bond motifs is 1. The third-order valence-electron chi connectivity index (χ3n) is 4.71. The van der Waals surface area contributed by atoms with Crippen molar-refractivity contribution in [1.29, 1.82) is 0 Å². The fraction of sp³-hybridized carbons (Fsp3) is 0.450. The summed E-state index contributed by atoms with van der Waals surface area (Å²) in [5.41, 5.74) is 0. The van der Waals surface area contributed by atoms with Gasteiger partial charge in [0.1, 0.15) is 5.75 Å². The highest BCUT2D eigenvalue weighted by Crippen LogP contribution is 2.26. The fourth-order valence-corrected chi connectivity index (χ4v) is 3.32. The number of ether oxygens (including phenoxy) is 1. The molecular formula is C20H25NO2. The summed E-state index contributed by atoms with van der Waals surface area (Å²) in [4.78, 5) is 12.3. The first-order chi connectivity index (χ1) is 11.2. The van der Waals surface area contributed by atoms with Crippen LogP contribution in [-0.2, 0) is 4.79 Å². The first kappa shape index (κ1) is 15.9. The predicted molar refractivity (Wildman–Crippen MR) is 93.6 cm³/mol. The van der Waals surface area contributed by atoms with Crippen LogP contribution >= 0.6 is 0 Å². The van der Waals surface area contributed by atoms with Crippen molar-refractivity contribution in [2.24, 2.45) is 5.92 Å². The Bertz CT molecular complexity index is 656. The monoisotopic (exact) mass is 311 g/mol. The van der Waals surface area contributed by atoms with Gasteiger partial charge in [-0.05, 0) is 37.1 Å². The summed E-state index contributed by atoms with van der Waals surface area (Å²) in [6.07, 6.45) is 5.91. The third-order valence-corrected chi connectivity index (χ3v) is 4.71. The lowest BCUT2D eigenvalue weighted by Gasteiger charge is -2.23. The number of rotatable bonds is 5. The second kappa shape index (κ2) is 7.49. The molecule has 3 nitrogen and oxygen atoms in total. The average Bonchev–Trinajstić information content (AvgIpc) is 2.61. The molecule has 122 valence electrons. The van der Waals surface area contributed by atoms with Crippen LogP contribution in [0.4, 0.5) is 0 Å². The van der Waals surface area contributed by atoms with Crippen molar-refractivity contribution in [1.82, 2.24) is 5.32 Å². The van der Waals surface area contributed by atoms with Crippen LogP contribution in [0.5, 0.6) is 5.75 Å². The Hall–Kier alpha value is -2.03. The quantitative estimate of drug-likeness (QED) is 0.894. The minimum atomic E-state index is -0.482. The minimum absolute atomic E-state index is 0.0245. The van der Waals surface area contributed by atoms with Gasteiger partial charge in [0.25, 0.3) is 5.91 Å². The molecule has 1 aliphatic carbocycles. The molecule has 1 aliphatic rings. The van der Waals surface area contributed by atoms with Gasteiger partial charge in [-0.3, -0.25) is 4.79 Å². The third kappa shape index (κ3) is 4.04. The maximum absolute atomic E-state index is 12.3. The van der Waals surface area contributed by atoms with Crippen molar-refractivity contribution in [2.75, 3.05) is 6.54 Å². The van der Waals surface area contributed by atoms with Crippen LogP contribution in [0.25, 0.3) is 10.8 Å². The number of hydrogen-bond acceptors (Lipinski definition) is 2. The molecule has 1 amide bonds. The van der Waals surface area contributed by atoms with E-state index in [-0.39, 0.29) is 5.91 Å². The SMILES string of the molecule is CC(Oc1cccc2ccccc12)C(=O)NCC1CCCCC1. The van der Waals surface area contributed by atoms with E-state index >= 15 is 0 Å². The first-order valence-electron chi connectivity index (χ1n) is 8.66. The van der Waals surface area contributed by atoms with Crippen molar-refractivity contribution in [2.45, 2.75) is 45.1 Å². The molecule has 3 heteroatoms. The normalized spacial score (nSPS) is 16.9. The summed E-state index contributed by atoms with van der Waals surface area (Å²) < 4.78 is 5.92. The zero-order valence-electron chi connectivity index (χ0n) is 13.8. The molecule has 3 rings (SSSR count). The van der Waals surface area contributed by atoms with Gasteiger partial charge in [0, 0.05) is 11.9 Å². The van der Waals surface area contributed by atoms with Gasteiger partial charge >= 0.3 is 0 Å². The number of nitrogens with one attached hydrogen (secondary N) is 1. The van der Waals surface area contributed by atoms with Gasteiger partial charge in [-0.1, -0.05) is 55.7 Å². The molecule has 0 saturated heterocycles. The van der Waals surface area contributed by atoms with Crippen molar-refractivity contribution in [3.8, 4) is 5.75 Å². The number of amides is 1. The van der Waals surface area contributed by atoms with Crippen molar-refractivity contribution in [3.05, 3.63) is 42.5 Å². The Kier molecular flexibility index (Phi) is 5.16. The summed E-state index contributed by atoms with van der Waals surface area (Å²) >= 11 is 0. The summed E-state index contributed by atoms with van der Waals surface area (Å²) in [6, 6.07) is 14.0. The van der Waals surface area contributed by atoms with Crippen LogP contribution in [0.15, 0.2) is 42.5 Å². The lowest BCUT2D eigenvalue weighted by Crippen LogP contribution is -2.39. The summed E-state index contributed by atoms with van der Waals surface area (Å²) in [6.45, 7) is 2.60. The molecule has 0 radical (unpaired) electrons. The predicted octanol–water partition coefficient (Wildman–Crippen LogP) is 4.30. The first-order valence-corrected chi connectivity index (χ1v) is 8.66. The molecule has 2 aromatic rings. The molecule has 0 aliphatic heterocycles. The maximum Gasteiger partial charge on any atom is 0.260 e. The van der Waals surface area contributed by atoms with Crippen LogP contribution in [0, 0.1) is 5.92 Å². The fourth-order valence-electron chi connectivity index (χ4n) is 3.32. The van der Waals surface area contributed by atoms with Gasteiger partial charge in [-0.15, -0.1) is 0 Å². The van der Waals surface area contributed by atoms with E-state index in [9.17, 15) is 4.79 Å². The number of carbonyl (C=O) groups excluding carboxylic acids is 1. The van der Waals surface area contributed by atoms with E-state index in [0.29, 0.717) is 5.92 Å². The molecule has 0 bridgehead atoms. The Morgan fingerprint density at radius 1 is 1.13 bits per heavy atom. The Morgan fingerprint density at radius 3 is 2.70 bits per heavy atom. The van der Waals surface area contributed by atoms with Gasteiger partial charge < -0.3 is 10.1 Å². The highest BCUT2D eigenvalue weighted by molar-refractivity contribution is 5.89. The second-order valence-corrected chi connectivity index (χ2v) is 6.49.